The Bertz CT molecular complexity index is 232. The van der Waals surface area contributed by atoms with Crippen molar-refractivity contribution in [1.82, 2.24) is 10.2 Å². The van der Waals surface area contributed by atoms with Crippen molar-refractivity contribution in [2.24, 2.45) is 0 Å². The summed E-state index contributed by atoms with van der Waals surface area (Å²) in [6, 6.07) is 0.747. The fourth-order valence-corrected chi connectivity index (χ4v) is 1.89. The average Bonchev–Trinajstić information content (AvgIpc) is 3.21. The van der Waals surface area contributed by atoms with Crippen molar-refractivity contribution < 1.29 is 9.47 Å². The van der Waals surface area contributed by atoms with Crippen LogP contribution in [0.15, 0.2) is 12.2 Å². The number of hydrogen-bond donors (Lipinski definition) is 1. The molecular formula is C15H30N2O2. The summed E-state index contributed by atoms with van der Waals surface area (Å²) in [5.74, 6) is 0. The minimum atomic E-state index is 0.747. The lowest BCUT2D eigenvalue weighted by molar-refractivity contribution is 0.0866. The molecule has 4 nitrogen and oxygen atoms in total. The van der Waals surface area contributed by atoms with E-state index in [1.165, 1.54) is 18.4 Å². The Labute approximate surface area is 118 Å². The average molecular weight is 270 g/mol. The Morgan fingerprint density at radius 2 is 1.74 bits per heavy atom. The zero-order valence-corrected chi connectivity index (χ0v) is 12.6. The van der Waals surface area contributed by atoms with E-state index in [9.17, 15) is 0 Å². The van der Waals surface area contributed by atoms with Gasteiger partial charge in [-0.1, -0.05) is 6.58 Å². The van der Waals surface area contributed by atoms with E-state index in [1.54, 1.807) is 0 Å². The van der Waals surface area contributed by atoms with Crippen molar-refractivity contribution in [2.45, 2.75) is 32.7 Å². The second-order valence-corrected chi connectivity index (χ2v) is 5.08. The zero-order chi connectivity index (χ0) is 13.9. The van der Waals surface area contributed by atoms with Gasteiger partial charge in [-0.15, -0.1) is 0 Å². The first-order chi connectivity index (χ1) is 9.26. The van der Waals surface area contributed by atoms with E-state index in [-0.39, 0.29) is 0 Å². The number of nitrogens with one attached hydrogen (secondary N) is 1. The second kappa shape index (κ2) is 10.4. The van der Waals surface area contributed by atoms with Crippen LogP contribution in [0, 0.1) is 0 Å². The molecular weight excluding hydrogens is 240 g/mol. The summed E-state index contributed by atoms with van der Waals surface area (Å²) in [6.07, 6.45) is 2.65. The molecule has 0 saturated heterocycles. The summed E-state index contributed by atoms with van der Waals surface area (Å²) < 4.78 is 10.9. The van der Waals surface area contributed by atoms with Gasteiger partial charge in [0.1, 0.15) is 0 Å². The van der Waals surface area contributed by atoms with E-state index in [1.807, 2.05) is 13.8 Å². The van der Waals surface area contributed by atoms with Crippen LogP contribution in [0.1, 0.15) is 26.7 Å². The van der Waals surface area contributed by atoms with Crippen LogP contribution in [0.4, 0.5) is 0 Å². The molecule has 4 heteroatoms. The van der Waals surface area contributed by atoms with Crippen LogP contribution < -0.4 is 5.32 Å². The molecule has 19 heavy (non-hydrogen) atoms. The molecule has 1 aliphatic rings. The van der Waals surface area contributed by atoms with Crippen LogP contribution >= 0.6 is 0 Å². The van der Waals surface area contributed by atoms with Gasteiger partial charge in [0.25, 0.3) is 0 Å². The highest BCUT2D eigenvalue weighted by Crippen LogP contribution is 2.18. The van der Waals surface area contributed by atoms with Crippen molar-refractivity contribution >= 4 is 0 Å². The molecule has 0 aromatic rings. The zero-order valence-electron chi connectivity index (χ0n) is 12.6. The van der Waals surface area contributed by atoms with Gasteiger partial charge in [0, 0.05) is 45.4 Å². The van der Waals surface area contributed by atoms with Gasteiger partial charge in [-0.05, 0) is 32.3 Å². The highest BCUT2D eigenvalue weighted by atomic mass is 16.5. The molecule has 112 valence electrons. The summed E-state index contributed by atoms with van der Waals surface area (Å²) in [7, 11) is 0. The first-order valence-electron chi connectivity index (χ1n) is 7.54. The Balaban J connectivity index is 2.17. The maximum absolute atomic E-state index is 5.43. The van der Waals surface area contributed by atoms with Crippen LogP contribution in [0.3, 0.4) is 0 Å². The minimum Gasteiger partial charge on any atom is -0.380 e. The maximum atomic E-state index is 5.43. The quantitative estimate of drug-likeness (QED) is 0.408. The summed E-state index contributed by atoms with van der Waals surface area (Å²) in [4.78, 5) is 2.36. The SMILES string of the molecule is C=C(CNC1CC1)CN(CCOCC)CCOCC. The van der Waals surface area contributed by atoms with Gasteiger partial charge in [-0.3, -0.25) is 4.90 Å². The summed E-state index contributed by atoms with van der Waals surface area (Å²) in [5, 5.41) is 3.51. The van der Waals surface area contributed by atoms with Gasteiger partial charge in [-0.25, -0.2) is 0 Å². The Morgan fingerprint density at radius 1 is 1.16 bits per heavy atom. The Hall–Kier alpha value is -0.420. The van der Waals surface area contributed by atoms with Crippen molar-refractivity contribution in [1.29, 1.82) is 0 Å². The van der Waals surface area contributed by atoms with Crippen molar-refractivity contribution in [3.05, 3.63) is 12.2 Å². The highest BCUT2D eigenvalue weighted by Gasteiger charge is 2.20. The van der Waals surface area contributed by atoms with Gasteiger partial charge in [0.05, 0.1) is 13.2 Å². The van der Waals surface area contributed by atoms with Crippen molar-refractivity contribution in [3.8, 4) is 0 Å². The van der Waals surface area contributed by atoms with Gasteiger partial charge in [-0.2, -0.15) is 0 Å². The van der Waals surface area contributed by atoms with Crippen LogP contribution in [-0.2, 0) is 9.47 Å². The fourth-order valence-electron chi connectivity index (χ4n) is 1.89. The van der Waals surface area contributed by atoms with E-state index >= 15 is 0 Å². The summed E-state index contributed by atoms with van der Waals surface area (Å²) >= 11 is 0. The third kappa shape index (κ3) is 9.16. The lowest BCUT2D eigenvalue weighted by Crippen LogP contribution is -2.35. The largest absolute Gasteiger partial charge is 0.380 e. The predicted octanol–water partition coefficient (Wildman–Crippen LogP) is 1.67. The van der Waals surface area contributed by atoms with E-state index in [0.717, 1.165) is 58.6 Å². The first-order valence-corrected chi connectivity index (χ1v) is 7.54. The first kappa shape index (κ1) is 16.6. The smallest absolute Gasteiger partial charge is 0.0593 e. The highest BCUT2D eigenvalue weighted by molar-refractivity contribution is 5.01. The van der Waals surface area contributed by atoms with Crippen LogP contribution in [0.2, 0.25) is 0 Å². The van der Waals surface area contributed by atoms with Gasteiger partial charge < -0.3 is 14.8 Å². The maximum Gasteiger partial charge on any atom is 0.0593 e. The van der Waals surface area contributed by atoms with Crippen LogP contribution in [0.25, 0.3) is 0 Å². The van der Waals surface area contributed by atoms with E-state index in [0.29, 0.717) is 0 Å². The Kier molecular flexibility index (Phi) is 9.08. The molecule has 1 saturated carbocycles. The molecule has 0 heterocycles. The van der Waals surface area contributed by atoms with Crippen LogP contribution in [0.5, 0.6) is 0 Å². The van der Waals surface area contributed by atoms with Crippen molar-refractivity contribution in [2.75, 3.05) is 52.6 Å². The van der Waals surface area contributed by atoms with E-state index in [4.69, 9.17) is 9.47 Å². The molecule has 0 aromatic carbocycles. The molecule has 0 unspecified atom stereocenters. The third-order valence-electron chi connectivity index (χ3n) is 3.18. The molecule has 1 N–H and O–H groups in total. The fraction of sp³-hybridized carbons (Fsp3) is 0.867. The summed E-state index contributed by atoms with van der Waals surface area (Å²) in [5.41, 5.74) is 1.25. The number of ether oxygens (including phenoxy) is 2. The molecule has 0 aromatic heterocycles. The molecule has 0 atom stereocenters. The minimum absolute atomic E-state index is 0.747. The molecule has 0 amide bonds. The monoisotopic (exact) mass is 270 g/mol. The number of rotatable bonds is 13. The molecule has 0 radical (unpaired) electrons. The van der Waals surface area contributed by atoms with Crippen LogP contribution in [-0.4, -0.2) is 63.5 Å². The molecule has 1 rings (SSSR count). The van der Waals surface area contributed by atoms with Gasteiger partial charge >= 0.3 is 0 Å². The standard InChI is InChI=1S/C15H30N2O2/c1-4-18-10-8-17(9-11-19-5-2)13-14(3)12-16-15-6-7-15/h15-16H,3-13H2,1-2H3. The Morgan fingerprint density at radius 3 is 2.21 bits per heavy atom. The molecule has 0 spiro atoms. The topological polar surface area (TPSA) is 33.7 Å². The molecule has 1 aliphatic carbocycles. The predicted molar refractivity (Wildman–Crippen MR) is 79.6 cm³/mol. The van der Waals surface area contributed by atoms with Crippen molar-refractivity contribution in [3.63, 3.8) is 0 Å². The summed E-state index contributed by atoms with van der Waals surface area (Å²) in [6.45, 7) is 15.1. The van der Waals surface area contributed by atoms with E-state index in [2.05, 4.69) is 16.8 Å². The van der Waals surface area contributed by atoms with E-state index < -0.39 is 0 Å². The number of nitrogens with zero attached hydrogens (tertiary/aromatic N) is 1. The lowest BCUT2D eigenvalue weighted by Gasteiger charge is -2.23. The third-order valence-corrected chi connectivity index (χ3v) is 3.18. The van der Waals surface area contributed by atoms with Gasteiger partial charge in [0.15, 0.2) is 0 Å². The molecule has 0 bridgehead atoms. The molecule has 1 fully saturated rings. The second-order valence-electron chi connectivity index (χ2n) is 5.08. The van der Waals surface area contributed by atoms with Gasteiger partial charge in [0.2, 0.25) is 0 Å². The normalized spacial score (nSPS) is 15.1. The number of hydrogen-bond acceptors (Lipinski definition) is 4. The molecule has 0 aliphatic heterocycles. The lowest BCUT2D eigenvalue weighted by atomic mass is 10.2.